The maximum absolute atomic E-state index is 5.43. The topological polar surface area (TPSA) is 51.0 Å². The van der Waals surface area contributed by atoms with E-state index < -0.39 is 0 Å². The van der Waals surface area contributed by atoms with E-state index in [0.29, 0.717) is 17.8 Å². The first kappa shape index (κ1) is 15.2. The first-order chi connectivity index (χ1) is 9.65. The van der Waals surface area contributed by atoms with Gasteiger partial charge in [-0.3, -0.25) is 0 Å². The largest absolute Gasteiger partial charge is 0.339 e. The van der Waals surface area contributed by atoms with Crippen LogP contribution in [0.4, 0.5) is 0 Å². The summed E-state index contributed by atoms with van der Waals surface area (Å²) < 4.78 is 6.47. The van der Waals surface area contributed by atoms with Crippen LogP contribution in [0.5, 0.6) is 0 Å². The van der Waals surface area contributed by atoms with Crippen LogP contribution in [0.2, 0.25) is 0 Å². The number of rotatable bonds is 6. The molecular formula is C15H20BrN3O. The Balaban J connectivity index is 2.17. The van der Waals surface area contributed by atoms with Gasteiger partial charge in [0.25, 0.3) is 0 Å². The van der Waals surface area contributed by atoms with Crippen molar-refractivity contribution in [2.45, 2.75) is 39.2 Å². The number of aromatic nitrogens is 2. The third-order valence-corrected chi connectivity index (χ3v) is 3.97. The van der Waals surface area contributed by atoms with Crippen molar-refractivity contribution in [2.75, 3.05) is 6.54 Å². The van der Waals surface area contributed by atoms with Crippen molar-refractivity contribution in [3.05, 3.63) is 34.6 Å². The molecule has 5 heteroatoms. The molecule has 4 nitrogen and oxygen atoms in total. The highest BCUT2D eigenvalue weighted by molar-refractivity contribution is 9.10. The summed E-state index contributed by atoms with van der Waals surface area (Å²) in [7, 11) is 0. The Labute approximate surface area is 128 Å². The molecule has 1 heterocycles. The van der Waals surface area contributed by atoms with E-state index in [4.69, 9.17) is 4.52 Å². The molecule has 2 atom stereocenters. The van der Waals surface area contributed by atoms with Crippen molar-refractivity contribution in [3.8, 4) is 11.4 Å². The summed E-state index contributed by atoms with van der Waals surface area (Å²) in [5.74, 6) is 1.54. The zero-order chi connectivity index (χ0) is 14.5. The lowest BCUT2D eigenvalue weighted by Crippen LogP contribution is -2.33. The zero-order valence-corrected chi connectivity index (χ0v) is 13.6. The van der Waals surface area contributed by atoms with Crippen molar-refractivity contribution in [3.63, 3.8) is 0 Å². The molecule has 0 bridgehead atoms. The quantitative estimate of drug-likeness (QED) is 0.865. The molecule has 2 rings (SSSR count). The summed E-state index contributed by atoms with van der Waals surface area (Å²) in [5.41, 5.74) is 0.965. The van der Waals surface area contributed by atoms with Gasteiger partial charge < -0.3 is 9.84 Å². The number of nitrogens with one attached hydrogen (secondary N) is 1. The third-order valence-electron chi connectivity index (χ3n) is 3.44. The predicted octanol–water partition coefficient (Wildman–Crippen LogP) is 3.99. The van der Waals surface area contributed by atoms with E-state index in [1.165, 1.54) is 0 Å². The van der Waals surface area contributed by atoms with Crippen LogP contribution in [-0.4, -0.2) is 22.7 Å². The van der Waals surface area contributed by atoms with Gasteiger partial charge in [0, 0.05) is 16.1 Å². The molecule has 0 radical (unpaired) electrons. The van der Waals surface area contributed by atoms with E-state index in [1.54, 1.807) is 0 Å². The molecule has 0 saturated heterocycles. The molecule has 0 aliphatic rings. The van der Waals surface area contributed by atoms with Gasteiger partial charge in [0.15, 0.2) is 0 Å². The summed E-state index contributed by atoms with van der Waals surface area (Å²) in [4.78, 5) is 4.53. The van der Waals surface area contributed by atoms with Gasteiger partial charge in [-0.2, -0.15) is 4.98 Å². The van der Waals surface area contributed by atoms with Gasteiger partial charge in [0.1, 0.15) is 0 Å². The summed E-state index contributed by atoms with van der Waals surface area (Å²) in [6.45, 7) is 7.33. The van der Waals surface area contributed by atoms with Crippen molar-refractivity contribution in [1.82, 2.24) is 15.5 Å². The average Bonchev–Trinajstić information content (AvgIpc) is 2.94. The number of halogens is 1. The highest BCUT2D eigenvalue weighted by Crippen LogP contribution is 2.24. The fraction of sp³-hybridized carbons (Fsp3) is 0.467. The molecule has 1 aromatic carbocycles. The maximum Gasteiger partial charge on any atom is 0.231 e. The van der Waals surface area contributed by atoms with Crippen LogP contribution >= 0.6 is 15.9 Å². The van der Waals surface area contributed by atoms with Crippen LogP contribution in [0.25, 0.3) is 11.4 Å². The highest BCUT2D eigenvalue weighted by atomic mass is 79.9. The number of hydrogen-bond donors (Lipinski definition) is 1. The molecule has 20 heavy (non-hydrogen) atoms. The molecule has 108 valence electrons. The SMILES string of the molecule is CCNC(CC)C(C)c1nc(-c2ccc(Br)cc2)no1. The average molecular weight is 338 g/mol. The summed E-state index contributed by atoms with van der Waals surface area (Å²) in [6.07, 6.45) is 1.03. The minimum atomic E-state index is 0.205. The van der Waals surface area contributed by atoms with E-state index in [9.17, 15) is 0 Å². The maximum atomic E-state index is 5.43. The minimum Gasteiger partial charge on any atom is -0.339 e. The minimum absolute atomic E-state index is 0.205. The molecule has 0 aliphatic carbocycles. The second kappa shape index (κ2) is 6.99. The Kier molecular flexibility index (Phi) is 5.31. The molecule has 2 unspecified atom stereocenters. The van der Waals surface area contributed by atoms with Crippen molar-refractivity contribution in [2.24, 2.45) is 0 Å². The Hall–Kier alpha value is -1.20. The molecular weight excluding hydrogens is 318 g/mol. The molecule has 1 N–H and O–H groups in total. The number of hydrogen-bond acceptors (Lipinski definition) is 4. The fourth-order valence-corrected chi connectivity index (χ4v) is 2.51. The van der Waals surface area contributed by atoms with Crippen LogP contribution in [0, 0.1) is 0 Å². The molecule has 0 fully saturated rings. The highest BCUT2D eigenvalue weighted by Gasteiger charge is 2.22. The Morgan fingerprint density at radius 3 is 2.55 bits per heavy atom. The van der Waals surface area contributed by atoms with Crippen LogP contribution in [0.1, 0.15) is 39.0 Å². The number of nitrogens with zero attached hydrogens (tertiary/aromatic N) is 2. The van der Waals surface area contributed by atoms with Gasteiger partial charge in [0.05, 0.1) is 5.92 Å². The Bertz CT molecular complexity index is 538. The smallest absolute Gasteiger partial charge is 0.231 e. The number of benzene rings is 1. The van der Waals surface area contributed by atoms with Crippen molar-refractivity contribution in [1.29, 1.82) is 0 Å². The van der Waals surface area contributed by atoms with Crippen LogP contribution < -0.4 is 5.32 Å². The lowest BCUT2D eigenvalue weighted by molar-refractivity contribution is 0.321. The lowest BCUT2D eigenvalue weighted by atomic mass is 9.99. The van der Waals surface area contributed by atoms with E-state index in [-0.39, 0.29) is 5.92 Å². The summed E-state index contributed by atoms with van der Waals surface area (Å²) >= 11 is 3.42. The number of likely N-dealkylation sites (N-methyl/N-ethyl adjacent to an activating group) is 1. The molecule has 0 aliphatic heterocycles. The van der Waals surface area contributed by atoms with Gasteiger partial charge in [-0.15, -0.1) is 0 Å². The Morgan fingerprint density at radius 1 is 1.25 bits per heavy atom. The predicted molar refractivity (Wildman–Crippen MR) is 83.6 cm³/mol. The van der Waals surface area contributed by atoms with Crippen LogP contribution in [-0.2, 0) is 0 Å². The molecule has 2 aromatic rings. The van der Waals surface area contributed by atoms with Crippen LogP contribution in [0.15, 0.2) is 33.3 Å². The first-order valence-electron chi connectivity index (χ1n) is 6.98. The lowest BCUT2D eigenvalue weighted by Gasteiger charge is -2.20. The van der Waals surface area contributed by atoms with E-state index in [0.717, 1.165) is 23.0 Å². The van der Waals surface area contributed by atoms with Gasteiger partial charge >= 0.3 is 0 Å². The van der Waals surface area contributed by atoms with Gasteiger partial charge in [-0.25, -0.2) is 0 Å². The fourth-order valence-electron chi connectivity index (χ4n) is 2.25. The Morgan fingerprint density at radius 2 is 1.95 bits per heavy atom. The normalized spacial score (nSPS) is 14.2. The first-order valence-corrected chi connectivity index (χ1v) is 7.77. The van der Waals surface area contributed by atoms with Gasteiger partial charge in [-0.1, -0.05) is 41.9 Å². The van der Waals surface area contributed by atoms with Crippen molar-refractivity contribution >= 4 is 15.9 Å². The van der Waals surface area contributed by atoms with Crippen LogP contribution in [0.3, 0.4) is 0 Å². The molecule has 0 spiro atoms. The van der Waals surface area contributed by atoms with E-state index >= 15 is 0 Å². The summed E-state index contributed by atoms with van der Waals surface area (Å²) in [6, 6.07) is 8.26. The molecule has 0 amide bonds. The van der Waals surface area contributed by atoms with Crippen molar-refractivity contribution < 1.29 is 4.52 Å². The second-order valence-corrected chi connectivity index (χ2v) is 5.74. The monoisotopic (exact) mass is 337 g/mol. The zero-order valence-electron chi connectivity index (χ0n) is 12.1. The van der Waals surface area contributed by atoms with E-state index in [1.807, 2.05) is 24.3 Å². The van der Waals surface area contributed by atoms with Gasteiger partial charge in [0.2, 0.25) is 11.7 Å². The third kappa shape index (κ3) is 3.46. The summed E-state index contributed by atoms with van der Waals surface area (Å²) in [5, 5.41) is 7.54. The molecule has 0 saturated carbocycles. The second-order valence-electron chi connectivity index (χ2n) is 4.82. The van der Waals surface area contributed by atoms with Gasteiger partial charge in [-0.05, 0) is 37.2 Å². The standard InChI is InChI=1S/C15H20BrN3O/c1-4-13(17-5-2)10(3)15-18-14(19-20-15)11-6-8-12(16)9-7-11/h6-10,13,17H,4-5H2,1-3H3. The van der Waals surface area contributed by atoms with E-state index in [2.05, 4.69) is 52.2 Å². The molecule has 1 aromatic heterocycles.